The second kappa shape index (κ2) is 6.93. The lowest BCUT2D eigenvalue weighted by molar-refractivity contribution is 0.938. The number of aromatic nitrogens is 3. The molecule has 1 N–H and O–H groups in total. The molecule has 0 saturated carbocycles. The molecule has 5 nitrogen and oxygen atoms in total. The van der Waals surface area contributed by atoms with Crippen molar-refractivity contribution in [2.24, 2.45) is 0 Å². The van der Waals surface area contributed by atoms with E-state index in [2.05, 4.69) is 38.1 Å². The Balaban J connectivity index is 1.59. The molecule has 0 radical (unpaired) electrons. The molecular formula is C23H20N4O. The first kappa shape index (κ1) is 16.7. The number of nitrogens with zero attached hydrogens (tertiary/aromatic N) is 3. The molecule has 1 aliphatic rings. The predicted octanol–water partition coefficient (Wildman–Crippen LogP) is 4.25. The van der Waals surface area contributed by atoms with Crippen LogP contribution in [0.2, 0.25) is 0 Å². The minimum atomic E-state index is -0.337. The fourth-order valence-corrected chi connectivity index (χ4v) is 3.84. The lowest BCUT2D eigenvalue weighted by atomic mass is 10.0. The first-order chi connectivity index (χ1) is 13.8. The van der Waals surface area contributed by atoms with Crippen LogP contribution in [0.3, 0.4) is 0 Å². The quantitative estimate of drug-likeness (QED) is 0.587. The standard InChI is InChI=1S/C23H20N4O/c28-23-25-20-10-8-17(14-19(20)22(26-23)16-6-2-1-3-7-16)18-9-11-21(24-15-18)27-12-4-5-13-27/h1-3,6-11,14-15H,4-5,12-13H2,(H,25,26,28). The van der Waals surface area contributed by atoms with Crippen molar-refractivity contribution >= 4 is 16.7 Å². The first-order valence-electron chi connectivity index (χ1n) is 9.59. The van der Waals surface area contributed by atoms with Crippen molar-refractivity contribution in [3.05, 3.63) is 77.3 Å². The van der Waals surface area contributed by atoms with Gasteiger partial charge in [0.25, 0.3) is 0 Å². The van der Waals surface area contributed by atoms with Crippen LogP contribution in [0, 0.1) is 0 Å². The van der Waals surface area contributed by atoms with Crippen molar-refractivity contribution in [1.29, 1.82) is 0 Å². The van der Waals surface area contributed by atoms with Gasteiger partial charge >= 0.3 is 5.69 Å². The molecule has 28 heavy (non-hydrogen) atoms. The topological polar surface area (TPSA) is 61.9 Å². The van der Waals surface area contributed by atoms with Crippen LogP contribution in [0.1, 0.15) is 12.8 Å². The summed E-state index contributed by atoms with van der Waals surface area (Å²) in [6.45, 7) is 2.17. The van der Waals surface area contributed by atoms with Crippen molar-refractivity contribution in [3.8, 4) is 22.4 Å². The number of benzene rings is 2. The summed E-state index contributed by atoms with van der Waals surface area (Å²) < 4.78 is 0. The van der Waals surface area contributed by atoms with Crippen molar-refractivity contribution in [3.63, 3.8) is 0 Å². The molecule has 3 heterocycles. The van der Waals surface area contributed by atoms with Gasteiger partial charge in [0.1, 0.15) is 5.82 Å². The second-order valence-corrected chi connectivity index (χ2v) is 7.12. The number of fused-ring (bicyclic) bond motifs is 1. The number of anilines is 1. The summed E-state index contributed by atoms with van der Waals surface area (Å²) in [6, 6.07) is 20.0. The van der Waals surface area contributed by atoms with Crippen LogP contribution < -0.4 is 10.6 Å². The van der Waals surface area contributed by atoms with E-state index >= 15 is 0 Å². The average molecular weight is 368 g/mol. The lowest BCUT2D eigenvalue weighted by Crippen LogP contribution is -2.18. The number of H-pyrrole nitrogens is 1. The van der Waals surface area contributed by atoms with Crippen LogP contribution in [-0.4, -0.2) is 28.0 Å². The Hall–Kier alpha value is -3.47. The summed E-state index contributed by atoms with van der Waals surface area (Å²) in [5.74, 6) is 1.04. The zero-order valence-corrected chi connectivity index (χ0v) is 15.4. The van der Waals surface area contributed by atoms with Crippen molar-refractivity contribution in [1.82, 2.24) is 15.0 Å². The van der Waals surface area contributed by atoms with Gasteiger partial charge < -0.3 is 9.88 Å². The highest BCUT2D eigenvalue weighted by atomic mass is 16.1. The molecule has 0 unspecified atom stereocenters. The van der Waals surface area contributed by atoms with Gasteiger partial charge in [-0.3, -0.25) is 0 Å². The first-order valence-corrected chi connectivity index (χ1v) is 9.59. The molecule has 0 amide bonds. The van der Waals surface area contributed by atoms with E-state index in [9.17, 15) is 4.79 Å². The van der Waals surface area contributed by atoms with Gasteiger partial charge in [-0.2, -0.15) is 4.98 Å². The SMILES string of the molecule is O=c1nc(-c2ccccc2)c2cc(-c3ccc(N4CCCC4)nc3)ccc2[nH]1. The van der Waals surface area contributed by atoms with Gasteiger partial charge in [-0.1, -0.05) is 36.4 Å². The van der Waals surface area contributed by atoms with Crippen molar-refractivity contribution in [2.45, 2.75) is 12.8 Å². The highest BCUT2D eigenvalue weighted by molar-refractivity contribution is 5.94. The monoisotopic (exact) mass is 368 g/mol. The maximum atomic E-state index is 12.0. The van der Waals surface area contributed by atoms with E-state index in [1.54, 1.807) is 0 Å². The largest absolute Gasteiger partial charge is 0.357 e. The van der Waals surface area contributed by atoms with Crippen molar-refractivity contribution in [2.75, 3.05) is 18.0 Å². The van der Waals surface area contributed by atoms with E-state index < -0.39 is 0 Å². The van der Waals surface area contributed by atoms with Gasteiger partial charge in [0.15, 0.2) is 0 Å². The highest BCUT2D eigenvalue weighted by Gasteiger charge is 2.14. The van der Waals surface area contributed by atoms with Crippen LogP contribution >= 0.6 is 0 Å². The number of hydrogen-bond donors (Lipinski definition) is 1. The Kier molecular flexibility index (Phi) is 4.13. The minimum absolute atomic E-state index is 0.337. The molecule has 2 aromatic heterocycles. The second-order valence-electron chi connectivity index (χ2n) is 7.12. The predicted molar refractivity (Wildman–Crippen MR) is 112 cm³/mol. The number of rotatable bonds is 3. The Bertz CT molecular complexity index is 1180. The average Bonchev–Trinajstić information content (AvgIpc) is 3.28. The number of hydrogen-bond acceptors (Lipinski definition) is 4. The third-order valence-corrected chi connectivity index (χ3v) is 5.29. The maximum Gasteiger partial charge on any atom is 0.345 e. The number of pyridine rings is 1. The van der Waals surface area contributed by atoms with Crippen LogP contribution in [0.15, 0.2) is 71.7 Å². The summed E-state index contributed by atoms with van der Waals surface area (Å²) in [4.78, 5) is 26.1. The Morgan fingerprint density at radius 3 is 2.39 bits per heavy atom. The fraction of sp³-hybridized carbons (Fsp3) is 0.174. The van der Waals surface area contributed by atoms with Gasteiger partial charge in [-0.05, 0) is 42.7 Å². The number of nitrogens with one attached hydrogen (secondary N) is 1. The van der Waals surface area contributed by atoms with Gasteiger partial charge in [0.2, 0.25) is 0 Å². The molecule has 2 aromatic carbocycles. The van der Waals surface area contributed by atoms with Gasteiger partial charge in [0.05, 0.1) is 11.2 Å². The summed E-state index contributed by atoms with van der Waals surface area (Å²) in [7, 11) is 0. The third-order valence-electron chi connectivity index (χ3n) is 5.29. The van der Waals surface area contributed by atoms with E-state index in [1.165, 1.54) is 12.8 Å². The van der Waals surface area contributed by atoms with Crippen LogP contribution in [0.5, 0.6) is 0 Å². The molecule has 1 saturated heterocycles. The van der Waals surface area contributed by atoms with Crippen LogP contribution in [0.25, 0.3) is 33.3 Å². The molecule has 0 bridgehead atoms. The zero-order valence-electron chi connectivity index (χ0n) is 15.4. The molecule has 0 spiro atoms. The minimum Gasteiger partial charge on any atom is -0.357 e. The smallest absolute Gasteiger partial charge is 0.345 e. The molecule has 1 aliphatic heterocycles. The normalized spacial score (nSPS) is 13.9. The van der Waals surface area contributed by atoms with Crippen molar-refractivity contribution < 1.29 is 0 Å². The molecule has 4 aromatic rings. The van der Waals surface area contributed by atoms with Gasteiger partial charge in [-0.15, -0.1) is 0 Å². The molecule has 0 aliphatic carbocycles. The molecular weight excluding hydrogens is 348 g/mol. The summed E-state index contributed by atoms with van der Waals surface area (Å²) in [5.41, 5.74) is 4.18. The maximum absolute atomic E-state index is 12.0. The molecule has 5 rings (SSSR count). The molecule has 0 atom stereocenters. The third kappa shape index (κ3) is 3.05. The lowest BCUT2D eigenvalue weighted by Gasteiger charge is -2.16. The van der Waals surface area contributed by atoms with Crippen LogP contribution in [-0.2, 0) is 0 Å². The Labute approximate surface area is 162 Å². The van der Waals surface area contributed by atoms with Gasteiger partial charge in [0, 0.05) is 35.8 Å². The molecule has 138 valence electrons. The molecule has 5 heteroatoms. The summed E-state index contributed by atoms with van der Waals surface area (Å²) in [6.07, 6.45) is 4.40. The van der Waals surface area contributed by atoms with E-state index in [4.69, 9.17) is 0 Å². The van der Waals surface area contributed by atoms with E-state index in [0.29, 0.717) is 5.69 Å². The van der Waals surface area contributed by atoms with Gasteiger partial charge in [-0.25, -0.2) is 9.78 Å². The van der Waals surface area contributed by atoms with E-state index in [0.717, 1.165) is 46.5 Å². The zero-order chi connectivity index (χ0) is 18.9. The fourth-order valence-electron chi connectivity index (χ4n) is 3.84. The summed E-state index contributed by atoms with van der Waals surface area (Å²) >= 11 is 0. The Morgan fingerprint density at radius 2 is 1.64 bits per heavy atom. The van der Waals surface area contributed by atoms with Crippen LogP contribution in [0.4, 0.5) is 5.82 Å². The Morgan fingerprint density at radius 1 is 0.857 bits per heavy atom. The number of aromatic amines is 1. The highest BCUT2D eigenvalue weighted by Crippen LogP contribution is 2.29. The molecule has 1 fully saturated rings. The van der Waals surface area contributed by atoms with E-state index in [-0.39, 0.29) is 5.69 Å². The summed E-state index contributed by atoms with van der Waals surface area (Å²) in [5, 5.41) is 0.923. The van der Waals surface area contributed by atoms with E-state index in [1.807, 2.05) is 48.7 Å².